The van der Waals surface area contributed by atoms with Gasteiger partial charge in [-0.05, 0) is 109 Å². The Hall–Kier alpha value is -4.38. The molecule has 2 aromatic carbocycles. The molecule has 0 unspecified atom stereocenters. The zero-order chi connectivity index (χ0) is 35.3. The highest BCUT2D eigenvalue weighted by atomic mass is 19.3. The lowest BCUT2D eigenvalue weighted by atomic mass is 9.82. The van der Waals surface area contributed by atoms with Crippen LogP contribution in [-0.2, 0) is 10.2 Å². The van der Waals surface area contributed by atoms with Crippen LogP contribution in [0.3, 0.4) is 0 Å². The number of benzene rings is 2. The summed E-state index contributed by atoms with van der Waals surface area (Å²) in [6.07, 6.45) is 4.76. The van der Waals surface area contributed by atoms with Gasteiger partial charge in [-0.2, -0.15) is 0 Å². The van der Waals surface area contributed by atoms with Crippen LogP contribution < -0.4 is 15.5 Å². The minimum absolute atomic E-state index is 0.105. The van der Waals surface area contributed by atoms with Crippen molar-refractivity contribution in [2.75, 3.05) is 29.9 Å². The molecule has 1 aliphatic carbocycles. The average Bonchev–Trinajstić information content (AvgIpc) is 3.59. The van der Waals surface area contributed by atoms with Crippen molar-refractivity contribution in [1.29, 1.82) is 0 Å². The molecular weight excluding hydrogens is 636 g/mol. The van der Waals surface area contributed by atoms with E-state index in [9.17, 15) is 18.4 Å². The minimum atomic E-state index is -2.48. The molecule has 7 rings (SSSR count). The van der Waals surface area contributed by atoms with Gasteiger partial charge < -0.3 is 25.0 Å². The van der Waals surface area contributed by atoms with Crippen molar-refractivity contribution in [2.45, 2.75) is 103 Å². The van der Waals surface area contributed by atoms with Crippen molar-refractivity contribution in [1.82, 2.24) is 24.8 Å². The zero-order valence-corrected chi connectivity index (χ0v) is 29.6. The first kappa shape index (κ1) is 34.1. The topological polar surface area (TPSA) is 95.4 Å². The molecule has 0 radical (unpaired) electrons. The van der Waals surface area contributed by atoms with E-state index in [0.717, 1.165) is 59.3 Å². The minimum Gasteiger partial charge on any atom is -0.352 e. The van der Waals surface area contributed by atoms with Crippen molar-refractivity contribution in [3.63, 3.8) is 0 Å². The van der Waals surface area contributed by atoms with Gasteiger partial charge in [0, 0.05) is 53.6 Å². The molecule has 1 saturated carbocycles. The maximum Gasteiger partial charge on any atom is 0.251 e. The second-order valence-corrected chi connectivity index (χ2v) is 15.0. The third kappa shape index (κ3) is 6.25. The number of alkyl halides is 2. The summed E-state index contributed by atoms with van der Waals surface area (Å²) >= 11 is 0. The summed E-state index contributed by atoms with van der Waals surface area (Å²) in [6.45, 7) is 12.2. The molecule has 2 aromatic heterocycles. The monoisotopic (exact) mass is 683 g/mol. The predicted molar refractivity (Wildman–Crippen MR) is 194 cm³/mol. The standard InChI is InChI=1S/C39H47F2N7O2/c1-23(2)47-22-43-32-21-31(45-36(35(32)47)44-26-11-9-24(3)29(18-26)37(49)42-14-13-34(40)41)25-10-12-30-33(17-25)48(38(50)39(30,4)5)28-19-27(20-28)46-15-7-6-8-16-46/h9-12,17-18,21-23,27-28,34H,6-8,13-16,19-20H2,1-5H3,(H,42,49)(H,44,45). The molecule has 2 aliphatic heterocycles. The molecule has 264 valence electrons. The summed E-state index contributed by atoms with van der Waals surface area (Å²) in [7, 11) is 0. The number of imidazole rings is 1. The number of hydrogen-bond donors (Lipinski definition) is 2. The fraction of sp³-hybridized carbons (Fsp3) is 0.487. The highest BCUT2D eigenvalue weighted by molar-refractivity contribution is 6.09. The van der Waals surface area contributed by atoms with Gasteiger partial charge in [0.1, 0.15) is 5.52 Å². The number of pyridine rings is 1. The summed E-state index contributed by atoms with van der Waals surface area (Å²) < 4.78 is 27.4. The van der Waals surface area contributed by atoms with Gasteiger partial charge >= 0.3 is 0 Å². The van der Waals surface area contributed by atoms with E-state index in [-0.39, 0.29) is 24.5 Å². The molecule has 1 saturated heterocycles. The smallest absolute Gasteiger partial charge is 0.251 e. The zero-order valence-electron chi connectivity index (χ0n) is 29.6. The van der Waals surface area contributed by atoms with E-state index >= 15 is 0 Å². The number of rotatable bonds is 10. The maximum absolute atomic E-state index is 13.9. The molecule has 50 heavy (non-hydrogen) atoms. The van der Waals surface area contributed by atoms with Gasteiger partial charge in [-0.15, -0.1) is 0 Å². The number of carbonyl (C=O) groups is 2. The molecule has 2 N–H and O–H groups in total. The molecule has 3 aliphatic rings. The summed E-state index contributed by atoms with van der Waals surface area (Å²) in [5, 5.41) is 6.05. The van der Waals surface area contributed by atoms with Crippen molar-refractivity contribution in [3.8, 4) is 11.3 Å². The van der Waals surface area contributed by atoms with Crippen molar-refractivity contribution >= 4 is 40.0 Å². The fourth-order valence-corrected chi connectivity index (χ4v) is 7.82. The molecule has 0 atom stereocenters. The molecule has 11 heteroatoms. The van der Waals surface area contributed by atoms with Crippen molar-refractivity contribution in [3.05, 3.63) is 65.5 Å². The van der Waals surface area contributed by atoms with Crippen molar-refractivity contribution in [2.24, 2.45) is 0 Å². The van der Waals surface area contributed by atoms with Gasteiger partial charge in [0.25, 0.3) is 5.91 Å². The maximum atomic E-state index is 13.9. The van der Waals surface area contributed by atoms with Crippen molar-refractivity contribution < 1.29 is 18.4 Å². The van der Waals surface area contributed by atoms with Crippen LogP contribution in [0.4, 0.5) is 26.0 Å². The van der Waals surface area contributed by atoms with Gasteiger partial charge in [-0.1, -0.05) is 24.6 Å². The molecule has 9 nitrogen and oxygen atoms in total. The quantitative estimate of drug-likeness (QED) is 0.178. The first-order chi connectivity index (χ1) is 23.9. The van der Waals surface area contributed by atoms with Crippen LogP contribution in [-0.4, -0.2) is 69.4 Å². The number of carbonyl (C=O) groups excluding carboxylic acids is 2. The highest BCUT2D eigenvalue weighted by Crippen LogP contribution is 2.48. The molecule has 0 spiro atoms. The van der Waals surface area contributed by atoms with E-state index in [0.29, 0.717) is 28.8 Å². The SMILES string of the molecule is Cc1ccc(Nc2nc(-c3ccc4c(c3)N(C3CC(N5CCCCC5)C3)C(=O)C4(C)C)cc3ncn(C(C)C)c23)cc1C(=O)NCCC(F)F. The summed E-state index contributed by atoms with van der Waals surface area (Å²) in [5.74, 6) is 0.329. The summed E-state index contributed by atoms with van der Waals surface area (Å²) in [6, 6.07) is 14.5. The third-order valence-corrected chi connectivity index (χ3v) is 10.8. The first-order valence-electron chi connectivity index (χ1n) is 18.0. The van der Waals surface area contributed by atoms with Gasteiger partial charge in [0.15, 0.2) is 5.82 Å². The molecule has 4 aromatic rings. The highest BCUT2D eigenvalue weighted by Gasteiger charge is 2.50. The number of amides is 2. The van der Waals surface area contributed by atoms with Crippen LogP contribution in [0.5, 0.6) is 0 Å². The number of aryl methyl sites for hydroxylation is 1. The van der Waals surface area contributed by atoms with E-state index in [1.165, 1.54) is 19.3 Å². The Labute approximate surface area is 292 Å². The Balaban J connectivity index is 1.22. The van der Waals surface area contributed by atoms with Crippen LogP contribution >= 0.6 is 0 Å². The van der Waals surface area contributed by atoms with Gasteiger partial charge in [0.05, 0.1) is 23.0 Å². The molecule has 2 amide bonds. The molecular formula is C39H47F2N7O2. The number of nitrogens with zero attached hydrogens (tertiary/aromatic N) is 5. The normalized spacial score (nSPS) is 20.4. The number of anilines is 3. The first-order valence-corrected chi connectivity index (χ1v) is 18.0. The largest absolute Gasteiger partial charge is 0.352 e. The lowest BCUT2D eigenvalue weighted by Crippen LogP contribution is -2.57. The number of likely N-dealkylation sites (tertiary alicyclic amines) is 1. The van der Waals surface area contributed by atoms with Crippen LogP contribution in [0.15, 0.2) is 48.8 Å². The van der Waals surface area contributed by atoms with Crippen LogP contribution in [0, 0.1) is 6.92 Å². The Bertz CT molecular complexity index is 1920. The Morgan fingerprint density at radius 1 is 1.02 bits per heavy atom. The van der Waals surface area contributed by atoms with Gasteiger partial charge in [-0.3, -0.25) is 9.59 Å². The van der Waals surface area contributed by atoms with Crippen LogP contribution in [0.25, 0.3) is 22.3 Å². The number of halogens is 2. The van der Waals surface area contributed by atoms with Gasteiger partial charge in [0.2, 0.25) is 12.3 Å². The van der Waals surface area contributed by atoms with Gasteiger partial charge in [-0.25, -0.2) is 18.7 Å². The molecule has 2 fully saturated rings. The van der Waals surface area contributed by atoms with E-state index < -0.39 is 24.2 Å². The fourth-order valence-electron chi connectivity index (χ4n) is 7.82. The summed E-state index contributed by atoms with van der Waals surface area (Å²) in [4.78, 5) is 41.4. The van der Waals surface area contributed by atoms with E-state index in [1.54, 1.807) is 6.07 Å². The van der Waals surface area contributed by atoms with E-state index in [2.05, 4.69) is 51.0 Å². The van der Waals surface area contributed by atoms with Crippen LogP contribution in [0.1, 0.15) is 93.7 Å². The second kappa shape index (κ2) is 13.4. The Kier molecular flexibility index (Phi) is 9.13. The number of fused-ring (bicyclic) bond motifs is 2. The third-order valence-electron chi connectivity index (χ3n) is 10.8. The Morgan fingerprint density at radius 3 is 2.50 bits per heavy atom. The average molecular weight is 684 g/mol. The van der Waals surface area contributed by atoms with E-state index in [1.807, 2.05) is 51.4 Å². The second-order valence-electron chi connectivity index (χ2n) is 15.0. The molecule has 4 heterocycles. The predicted octanol–water partition coefficient (Wildman–Crippen LogP) is 7.76. The van der Waals surface area contributed by atoms with Crippen LogP contribution in [0.2, 0.25) is 0 Å². The Morgan fingerprint density at radius 2 is 1.78 bits per heavy atom. The lowest BCUT2D eigenvalue weighted by molar-refractivity contribution is -0.123. The number of aromatic nitrogens is 3. The summed E-state index contributed by atoms with van der Waals surface area (Å²) in [5.41, 5.74) is 6.35. The lowest BCUT2D eigenvalue weighted by Gasteiger charge is -2.48. The molecule has 0 bridgehead atoms. The number of nitrogens with one attached hydrogen (secondary N) is 2. The number of piperidine rings is 1. The number of hydrogen-bond acceptors (Lipinski definition) is 6. The van der Waals surface area contributed by atoms with E-state index in [4.69, 9.17) is 9.97 Å².